The van der Waals surface area contributed by atoms with Gasteiger partial charge in [-0.25, -0.2) is 0 Å². The highest BCUT2D eigenvalue weighted by atomic mass is 32.2. The number of anilines is 1. The first kappa shape index (κ1) is 19.3. The highest BCUT2D eigenvalue weighted by molar-refractivity contribution is 8.00. The van der Waals surface area contributed by atoms with Crippen LogP contribution in [0, 0.1) is 0 Å². The van der Waals surface area contributed by atoms with Crippen molar-refractivity contribution in [3.05, 3.63) is 102 Å². The Balaban J connectivity index is 1.55. The van der Waals surface area contributed by atoms with Crippen LogP contribution in [-0.2, 0) is 10.5 Å². The van der Waals surface area contributed by atoms with E-state index in [1.165, 1.54) is 5.56 Å². The number of hydrogen-bond acceptors (Lipinski definition) is 3. The minimum Gasteiger partial charge on any atom is -0.497 e. The summed E-state index contributed by atoms with van der Waals surface area (Å²) in [5.74, 6) is 1.76. The van der Waals surface area contributed by atoms with Crippen molar-refractivity contribution in [2.45, 2.75) is 17.0 Å². The number of hydrogen-bond donors (Lipinski definition) is 0. The van der Waals surface area contributed by atoms with Crippen LogP contribution in [0.5, 0.6) is 5.75 Å². The summed E-state index contributed by atoms with van der Waals surface area (Å²) >= 11 is 1.71. The van der Waals surface area contributed by atoms with E-state index >= 15 is 0 Å². The van der Waals surface area contributed by atoms with Gasteiger partial charge in [-0.1, -0.05) is 72.8 Å². The molecule has 1 fully saturated rings. The number of carbonyl (C=O) groups is 1. The van der Waals surface area contributed by atoms with Crippen LogP contribution in [0.2, 0.25) is 0 Å². The van der Waals surface area contributed by atoms with E-state index in [4.69, 9.17) is 4.74 Å². The first-order valence-electron chi connectivity index (χ1n) is 9.62. The normalized spacial score (nSPS) is 18.7. The molecule has 4 rings (SSSR count). The van der Waals surface area contributed by atoms with Crippen LogP contribution in [0.15, 0.2) is 91.0 Å². The average Bonchev–Trinajstić information content (AvgIpc) is 2.78. The Kier molecular flexibility index (Phi) is 6.01. The number of amides is 1. The molecule has 1 saturated heterocycles. The Morgan fingerprint density at radius 3 is 2.24 bits per heavy atom. The molecule has 3 aromatic rings. The molecular weight excluding hydrogens is 378 g/mol. The average molecular weight is 402 g/mol. The second-order valence-corrected chi connectivity index (χ2v) is 8.01. The largest absolute Gasteiger partial charge is 0.497 e. The predicted octanol–water partition coefficient (Wildman–Crippen LogP) is 5.43. The van der Waals surface area contributed by atoms with E-state index in [0.29, 0.717) is 0 Å². The first-order chi connectivity index (χ1) is 14.3. The lowest BCUT2D eigenvalue weighted by molar-refractivity contribution is -0.122. The third-order valence-electron chi connectivity index (χ3n) is 5.00. The van der Waals surface area contributed by atoms with Gasteiger partial charge in [0, 0.05) is 11.4 Å². The number of benzene rings is 3. The quantitative estimate of drug-likeness (QED) is 0.495. The van der Waals surface area contributed by atoms with Crippen LogP contribution in [0.3, 0.4) is 0 Å². The summed E-state index contributed by atoms with van der Waals surface area (Å²) in [5, 5.41) is -0.0859. The summed E-state index contributed by atoms with van der Waals surface area (Å²) in [7, 11) is 1.64. The van der Waals surface area contributed by atoms with Crippen LogP contribution >= 0.6 is 11.8 Å². The molecule has 1 heterocycles. The predicted molar refractivity (Wildman–Crippen MR) is 121 cm³/mol. The number of nitrogens with zero attached hydrogens (tertiary/aromatic N) is 1. The first-order valence-corrected chi connectivity index (χ1v) is 10.7. The zero-order valence-corrected chi connectivity index (χ0v) is 17.1. The van der Waals surface area contributed by atoms with Crippen molar-refractivity contribution in [1.29, 1.82) is 0 Å². The number of ether oxygens (including phenoxy) is 1. The molecule has 1 amide bonds. The Labute approximate surface area is 176 Å². The molecular formula is C25H23NO2S. The van der Waals surface area contributed by atoms with Crippen LogP contribution in [0.4, 0.5) is 5.69 Å². The maximum Gasteiger partial charge on any atom is 0.243 e. The van der Waals surface area contributed by atoms with Crippen molar-refractivity contribution in [2.75, 3.05) is 12.0 Å². The summed E-state index contributed by atoms with van der Waals surface area (Å²) in [6, 6.07) is 28.2. The molecule has 3 nitrogen and oxygen atoms in total. The number of carbonyl (C=O) groups excluding carboxylic acids is 1. The van der Waals surface area contributed by atoms with Gasteiger partial charge in [0.2, 0.25) is 5.91 Å². The summed E-state index contributed by atoms with van der Waals surface area (Å²) < 4.78 is 5.25. The number of thioether (sulfide) groups is 1. The zero-order chi connectivity index (χ0) is 20.1. The van der Waals surface area contributed by atoms with Crippen LogP contribution in [-0.4, -0.2) is 24.3 Å². The van der Waals surface area contributed by atoms with E-state index < -0.39 is 0 Å². The highest BCUT2D eigenvalue weighted by Gasteiger charge is 2.46. The van der Waals surface area contributed by atoms with E-state index in [1.54, 1.807) is 18.9 Å². The fourth-order valence-electron chi connectivity index (χ4n) is 3.42. The summed E-state index contributed by atoms with van der Waals surface area (Å²) in [4.78, 5) is 14.9. The van der Waals surface area contributed by atoms with E-state index in [9.17, 15) is 4.79 Å². The monoisotopic (exact) mass is 401 g/mol. The second kappa shape index (κ2) is 9.01. The highest BCUT2D eigenvalue weighted by Crippen LogP contribution is 2.38. The SMILES string of the molecule is COc1ccc(N2C(=O)[C@@H](SCc3ccccc3)[C@H]2/C=C/c2ccccc2)cc1. The smallest absolute Gasteiger partial charge is 0.243 e. The molecule has 2 atom stereocenters. The molecule has 0 bridgehead atoms. The Hall–Kier alpha value is -2.98. The molecule has 29 heavy (non-hydrogen) atoms. The van der Waals surface area contributed by atoms with Gasteiger partial charge in [-0.15, -0.1) is 11.8 Å². The van der Waals surface area contributed by atoms with Crippen molar-refractivity contribution >= 4 is 29.4 Å². The van der Waals surface area contributed by atoms with Crippen molar-refractivity contribution in [3.63, 3.8) is 0 Å². The van der Waals surface area contributed by atoms with Crippen LogP contribution in [0.1, 0.15) is 11.1 Å². The number of methoxy groups -OCH3 is 1. The Morgan fingerprint density at radius 1 is 0.931 bits per heavy atom. The minimum absolute atomic E-state index is 0.0183. The topological polar surface area (TPSA) is 29.5 Å². The van der Waals surface area contributed by atoms with Gasteiger partial charge in [0.15, 0.2) is 0 Å². The van der Waals surface area contributed by atoms with Gasteiger partial charge < -0.3 is 9.64 Å². The summed E-state index contributed by atoms with van der Waals surface area (Å²) in [5.41, 5.74) is 3.27. The minimum atomic E-state index is -0.0859. The Morgan fingerprint density at radius 2 is 1.59 bits per heavy atom. The lowest BCUT2D eigenvalue weighted by Gasteiger charge is -2.45. The lowest BCUT2D eigenvalue weighted by atomic mass is 9.98. The van der Waals surface area contributed by atoms with E-state index in [1.807, 2.05) is 65.6 Å². The fourth-order valence-corrected chi connectivity index (χ4v) is 4.65. The molecule has 0 N–H and O–H groups in total. The van der Waals surface area contributed by atoms with Crippen molar-refractivity contribution in [3.8, 4) is 5.75 Å². The van der Waals surface area contributed by atoms with Gasteiger partial charge in [0.05, 0.1) is 13.2 Å². The molecule has 0 aromatic heterocycles. The maximum atomic E-state index is 13.0. The molecule has 146 valence electrons. The molecule has 0 aliphatic carbocycles. The van der Waals surface area contributed by atoms with Crippen molar-refractivity contribution in [1.82, 2.24) is 0 Å². The lowest BCUT2D eigenvalue weighted by Crippen LogP contribution is -2.62. The molecule has 1 aliphatic rings. The molecule has 0 radical (unpaired) electrons. The van der Waals surface area contributed by atoms with Crippen molar-refractivity contribution < 1.29 is 9.53 Å². The van der Waals surface area contributed by atoms with Crippen LogP contribution in [0.25, 0.3) is 6.08 Å². The van der Waals surface area contributed by atoms with E-state index in [-0.39, 0.29) is 17.2 Å². The second-order valence-electron chi connectivity index (χ2n) is 6.88. The number of rotatable bonds is 7. The third kappa shape index (κ3) is 4.38. The maximum absolute atomic E-state index is 13.0. The summed E-state index contributed by atoms with van der Waals surface area (Å²) in [6.45, 7) is 0. The molecule has 4 heteroatoms. The van der Waals surface area contributed by atoms with Gasteiger partial charge in [-0.3, -0.25) is 4.79 Å². The molecule has 1 aliphatic heterocycles. The fraction of sp³-hybridized carbons (Fsp3) is 0.160. The molecule has 0 spiro atoms. The Bertz CT molecular complexity index is 971. The van der Waals surface area contributed by atoms with Gasteiger partial charge in [-0.05, 0) is 35.4 Å². The van der Waals surface area contributed by atoms with Gasteiger partial charge >= 0.3 is 0 Å². The van der Waals surface area contributed by atoms with E-state index in [0.717, 1.165) is 22.8 Å². The molecule has 0 saturated carbocycles. The number of β-lactam (4-membered cyclic amide) rings is 1. The molecule has 0 unspecified atom stereocenters. The van der Waals surface area contributed by atoms with E-state index in [2.05, 4.69) is 36.4 Å². The standard InChI is InChI=1S/C25H23NO2S/c1-28-22-15-13-21(14-16-22)26-23(17-12-19-8-4-2-5-9-19)24(25(26)27)29-18-20-10-6-3-7-11-20/h2-17,23-24H,18H2,1H3/b17-12+/t23-,24+/m1/s1. The zero-order valence-electron chi connectivity index (χ0n) is 16.3. The molecule has 3 aromatic carbocycles. The summed E-state index contributed by atoms with van der Waals surface area (Å²) in [6.07, 6.45) is 4.24. The van der Waals surface area contributed by atoms with Gasteiger partial charge in [-0.2, -0.15) is 0 Å². The van der Waals surface area contributed by atoms with Gasteiger partial charge in [0.25, 0.3) is 0 Å². The van der Waals surface area contributed by atoms with Gasteiger partial charge in [0.1, 0.15) is 11.0 Å². The van der Waals surface area contributed by atoms with Crippen LogP contribution < -0.4 is 9.64 Å². The van der Waals surface area contributed by atoms with Crippen molar-refractivity contribution in [2.24, 2.45) is 0 Å². The third-order valence-corrected chi connectivity index (χ3v) is 6.34.